The Labute approximate surface area is 137 Å². The number of rotatable bonds is 4. The van der Waals surface area contributed by atoms with Gasteiger partial charge in [0.05, 0.1) is 5.56 Å². The molecule has 7 heteroatoms. The number of halogens is 1. The van der Waals surface area contributed by atoms with Crippen LogP contribution in [-0.2, 0) is 6.54 Å². The highest BCUT2D eigenvalue weighted by Crippen LogP contribution is 2.05. The average molecular weight is 332 g/mol. The number of carbonyl (C=O) groups is 2. The number of aromatic carboxylic acids is 1. The van der Waals surface area contributed by atoms with E-state index >= 15 is 0 Å². The second-order valence-electron chi connectivity index (χ2n) is 4.65. The molecule has 0 aromatic heterocycles. The zero-order valence-electron chi connectivity index (χ0n) is 11.9. The lowest BCUT2D eigenvalue weighted by Crippen LogP contribution is -2.38. The van der Waals surface area contributed by atoms with Crippen LogP contribution in [0.3, 0.4) is 0 Å². The summed E-state index contributed by atoms with van der Waals surface area (Å²) in [6.07, 6.45) is 0. The Balaban J connectivity index is 1.87. The van der Waals surface area contributed by atoms with Gasteiger partial charge in [0.1, 0.15) is 5.82 Å². The zero-order chi connectivity index (χ0) is 16.8. The Morgan fingerprint density at radius 1 is 1.09 bits per heavy atom. The van der Waals surface area contributed by atoms with E-state index in [4.69, 9.17) is 17.3 Å². The van der Waals surface area contributed by atoms with Gasteiger partial charge in [0.2, 0.25) is 0 Å². The van der Waals surface area contributed by atoms with Crippen LogP contribution in [0.1, 0.15) is 26.3 Å². The molecule has 0 saturated heterocycles. The second-order valence-corrected chi connectivity index (χ2v) is 5.06. The lowest BCUT2D eigenvalue weighted by atomic mass is 10.1. The quantitative estimate of drug-likeness (QED) is 0.749. The molecule has 0 heterocycles. The molecule has 0 spiro atoms. The molecular weight excluding hydrogens is 319 g/mol. The zero-order valence-corrected chi connectivity index (χ0v) is 12.7. The third-order valence-electron chi connectivity index (χ3n) is 2.97. The van der Waals surface area contributed by atoms with Crippen LogP contribution in [0.2, 0.25) is 0 Å². The fourth-order valence-electron chi connectivity index (χ4n) is 1.80. The smallest absolute Gasteiger partial charge is 0.335 e. The molecular formula is C16H13FN2O3S. The fraction of sp³-hybridized carbons (Fsp3) is 0.0625. The summed E-state index contributed by atoms with van der Waals surface area (Å²) in [5.74, 6) is -2.01. The summed E-state index contributed by atoms with van der Waals surface area (Å²) in [7, 11) is 0. The SMILES string of the molecule is O=C(O)c1ccc(CNC(=S)NC(=O)c2cccc(F)c2)cc1. The Morgan fingerprint density at radius 2 is 1.78 bits per heavy atom. The van der Waals surface area contributed by atoms with E-state index in [1.165, 1.54) is 30.3 Å². The summed E-state index contributed by atoms with van der Waals surface area (Å²) in [6.45, 7) is 0.322. The standard InChI is InChI=1S/C16H13FN2O3S/c17-13-3-1-2-12(8-13)14(20)19-16(23)18-9-10-4-6-11(7-5-10)15(21)22/h1-8H,9H2,(H,21,22)(H2,18,19,20,23). The summed E-state index contributed by atoms with van der Waals surface area (Å²) < 4.78 is 13.1. The minimum Gasteiger partial charge on any atom is -0.478 e. The van der Waals surface area contributed by atoms with Crippen LogP contribution in [0.5, 0.6) is 0 Å². The van der Waals surface area contributed by atoms with Gasteiger partial charge in [0.15, 0.2) is 5.11 Å². The molecule has 23 heavy (non-hydrogen) atoms. The van der Waals surface area contributed by atoms with Crippen molar-refractivity contribution in [2.24, 2.45) is 0 Å². The predicted octanol–water partition coefficient (Wildman–Crippen LogP) is 2.33. The number of benzene rings is 2. The predicted molar refractivity (Wildman–Crippen MR) is 86.7 cm³/mol. The summed E-state index contributed by atoms with van der Waals surface area (Å²) >= 11 is 5.00. The molecule has 5 nitrogen and oxygen atoms in total. The van der Waals surface area contributed by atoms with Crippen LogP contribution in [0.25, 0.3) is 0 Å². The van der Waals surface area contributed by atoms with Crippen molar-refractivity contribution in [2.45, 2.75) is 6.54 Å². The van der Waals surface area contributed by atoms with Crippen molar-refractivity contribution in [3.8, 4) is 0 Å². The van der Waals surface area contributed by atoms with Gasteiger partial charge in [-0.05, 0) is 48.1 Å². The van der Waals surface area contributed by atoms with E-state index in [9.17, 15) is 14.0 Å². The number of carboxylic acid groups (broad SMARTS) is 1. The number of amides is 1. The third-order valence-corrected chi connectivity index (χ3v) is 3.21. The van der Waals surface area contributed by atoms with Gasteiger partial charge in [-0.1, -0.05) is 18.2 Å². The first kappa shape index (κ1) is 16.6. The van der Waals surface area contributed by atoms with E-state index in [1.807, 2.05) is 0 Å². The summed E-state index contributed by atoms with van der Waals surface area (Å²) in [5.41, 5.74) is 1.16. The molecule has 2 aromatic carbocycles. The molecule has 118 valence electrons. The molecule has 1 amide bonds. The van der Waals surface area contributed by atoms with Gasteiger partial charge in [0.25, 0.3) is 5.91 Å². The maximum Gasteiger partial charge on any atom is 0.335 e. The molecule has 0 unspecified atom stereocenters. The van der Waals surface area contributed by atoms with Gasteiger partial charge >= 0.3 is 5.97 Å². The van der Waals surface area contributed by atoms with Crippen molar-refractivity contribution in [1.29, 1.82) is 0 Å². The lowest BCUT2D eigenvalue weighted by molar-refractivity contribution is 0.0696. The minimum atomic E-state index is -0.998. The van der Waals surface area contributed by atoms with Crippen LogP contribution in [0.15, 0.2) is 48.5 Å². The highest BCUT2D eigenvalue weighted by Gasteiger charge is 2.08. The maximum atomic E-state index is 13.1. The Morgan fingerprint density at radius 3 is 2.39 bits per heavy atom. The molecule has 0 saturated carbocycles. The van der Waals surface area contributed by atoms with Crippen molar-refractivity contribution >= 4 is 29.2 Å². The Kier molecular flexibility index (Phi) is 5.37. The molecule has 0 fully saturated rings. The van der Waals surface area contributed by atoms with Crippen LogP contribution in [-0.4, -0.2) is 22.1 Å². The number of thiocarbonyl (C=S) groups is 1. The van der Waals surface area contributed by atoms with E-state index < -0.39 is 17.7 Å². The lowest BCUT2D eigenvalue weighted by Gasteiger charge is -2.10. The fourth-order valence-corrected chi connectivity index (χ4v) is 1.96. The van der Waals surface area contributed by atoms with Crippen LogP contribution < -0.4 is 10.6 Å². The van der Waals surface area contributed by atoms with Crippen molar-refractivity contribution in [3.63, 3.8) is 0 Å². The Hall–Kier alpha value is -2.80. The van der Waals surface area contributed by atoms with Crippen LogP contribution in [0.4, 0.5) is 4.39 Å². The molecule has 2 aromatic rings. The van der Waals surface area contributed by atoms with E-state index in [2.05, 4.69) is 10.6 Å². The average Bonchev–Trinajstić information content (AvgIpc) is 2.53. The van der Waals surface area contributed by atoms with E-state index in [0.717, 1.165) is 11.6 Å². The van der Waals surface area contributed by atoms with E-state index in [0.29, 0.717) is 6.54 Å². The van der Waals surface area contributed by atoms with Gasteiger partial charge in [-0.25, -0.2) is 9.18 Å². The number of carboxylic acids is 1. The molecule has 0 aliphatic carbocycles. The largest absolute Gasteiger partial charge is 0.478 e. The number of hydrogen-bond acceptors (Lipinski definition) is 3. The van der Waals surface area contributed by atoms with Gasteiger partial charge in [-0.2, -0.15) is 0 Å². The summed E-state index contributed by atoms with van der Waals surface area (Å²) in [5, 5.41) is 14.2. The highest BCUT2D eigenvalue weighted by molar-refractivity contribution is 7.80. The minimum absolute atomic E-state index is 0.0987. The van der Waals surface area contributed by atoms with Gasteiger partial charge in [0, 0.05) is 12.1 Å². The van der Waals surface area contributed by atoms with Crippen molar-refractivity contribution in [1.82, 2.24) is 10.6 Å². The number of carbonyl (C=O) groups excluding carboxylic acids is 1. The first-order valence-corrected chi connectivity index (χ1v) is 7.03. The van der Waals surface area contributed by atoms with Crippen LogP contribution in [0, 0.1) is 5.82 Å². The molecule has 0 radical (unpaired) electrons. The summed E-state index contributed by atoms with van der Waals surface area (Å²) in [6, 6.07) is 11.5. The second kappa shape index (κ2) is 7.46. The number of nitrogens with one attached hydrogen (secondary N) is 2. The van der Waals surface area contributed by atoms with Gasteiger partial charge < -0.3 is 10.4 Å². The Bertz CT molecular complexity index is 747. The molecule has 0 bridgehead atoms. The normalized spacial score (nSPS) is 9.96. The topological polar surface area (TPSA) is 78.4 Å². The number of hydrogen-bond donors (Lipinski definition) is 3. The van der Waals surface area contributed by atoms with Gasteiger partial charge in [-0.15, -0.1) is 0 Å². The van der Waals surface area contributed by atoms with Crippen LogP contribution >= 0.6 is 12.2 Å². The van der Waals surface area contributed by atoms with Gasteiger partial charge in [-0.3, -0.25) is 10.1 Å². The monoisotopic (exact) mass is 332 g/mol. The summed E-state index contributed by atoms with van der Waals surface area (Å²) in [4.78, 5) is 22.6. The maximum absolute atomic E-state index is 13.1. The van der Waals surface area contributed by atoms with E-state index in [1.54, 1.807) is 12.1 Å². The van der Waals surface area contributed by atoms with Crippen molar-refractivity contribution < 1.29 is 19.1 Å². The molecule has 3 N–H and O–H groups in total. The van der Waals surface area contributed by atoms with Crippen molar-refractivity contribution in [2.75, 3.05) is 0 Å². The molecule has 0 aliphatic rings. The van der Waals surface area contributed by atoms with Crippen molar-refractivity contribution in [3.05, 3.63) is 71.0 Å². The van der Waals surface area contributed by atoms with E-state index in [-0.39, 0.29) is 16.2 Å². The first-order chi connectivity index (χ1) is 11.0. The molecule has 0 aliphatic heterocycles. The molecule has 2 rings (SSSR count). The first-order valence-electron chi connectivity index (χ1n) is 6.62. The third kappa shape index (κ3) is 4.86. The highest BCUT2D eigenvalue weighted by atomic mass is 32.1. The molecule has 0 atom stereocenters.